The Labute approximate surface area is 214 Å². The van der Waals surface area contributed by atoms with Crippen molar-refractivity contribution in [2.45, 2.75) is 18.3 Å². The van der Waals surface area contributed by atoms with E-state index in [-0.39, 0.29) is 18.3 Å². The molecule has 1 N–H and O–H groups in total. The number of carbonyl (C=O) groups is 1. The van der Waals surface area contributed by atoms with Gasteiger partial charge in [0, 0.05) is 22.5 Å². The van der Waals surface area contributed by atoms with Crippen molar-refractivity contribution >= 4 is 57.3 Å². The molecule has 7 nitrogen and oxygen atoms in total. The van der Waals surface area contributed by atoms with E-state index in [1.807, 2.05) is 40.3 Å². The zero-order chi connectivity index (χ0) is 23.9. The Bertz CT molecular complexity index is 1290. The van der Waals surface area contributed by atoms with Crippen molar-refractivity contribution in [3.8, 4) is 17.0 Å². The normalized spacial score (nSPS) is 10.8. The smallest absolute Gasteiger partial charge is 0.236 e. The van der Waals surface area contributed by atoms with Gasteiger partial charge in [0.25, 0.3) is 0 Å². The molecule has 1 amide bonds. The van der Waals surface area contributed by atoms with E-state index < -0.39 is 0 Å². The van der Waals surface area contributed by atoms with Crippen molar-refractivity contribution in [2.75, 3.05) is 11.1 Å². The van der Waals surface area contributed by atoms with Crippen LogP contribution in [0.25, 0.3) is 11.3 Å². The number of benzene rings is 2. The molecule has 0 saturated heterocycles. The number of allylic oxidation sites excluding steroid dienone is 1. The summed E-state index contributed by atoms with van der Waals surface area (Å²) in [7, 11) is 0. The average molecular weight is 532 g/mol. The molecule has 0 atom stereocenters. The first-order valence-electron chi connectivity index (χ1n) is 10.1. The predicted molar refractivity (Wildman–Crippen MR) is 138 cm³/mol. The van der Waals surface area contributed by atoms with Crippen LogP contribution in [0.2, 0.25) is 10.0 Å². The monoisotopic (exact) mass is 531 g/mol. The Morgan fingerprint density at radius 2 is 2.03 bits per heavy atom. The number of thiazole rings is 1. The number of anilines is 1. The summed E-state index contributed by atoms with van der Waals surface area (Å²) in [4.78, 5) is 17.0. The highest BCUT2D eigenvalue weighted by molar-refractivity contribution is 7.99. The minimum atomic E-state index is -0.205. The second-order valence-corrected chi connectivity index (χ2v) is 9.54. The summed E-state index contributed by atoms with van der Waals surface area (Å²) in [6.45, 7) is 4.55. The van der Waals surface area contributed by atoms with E-state index in [9.17, 15) is 4.79 Å². The average Bonchev–Trinajstić information content (AvgIpc) is 3.44. The quantitative estimate of drug-likeness (QED) is 0.193. The van der Waals surface area contributed by atoms with Gasteiger partial charge < -0.3 is 10.1 Å². The second kappa shape index (κ2) is 11.5. The molecule has 2 heterocycles. The van der Waals surface area contributed by atoms with Gasteiger partial charge in [0.1, 0.15) is 12.4 Å². The zero-order valence-electron chi connectivity index (χ0n) is 17.8. The molecule has 0 fully saturated rings. The fourth-order valence-corrected chi connectivity index (χ4v) is 4.95. The van der Waals surface area contributed by atoms with Crippen LogP contribution in [-0.4, -0.2) is 31.4 Å². The van der Waals surface area contributed by atoms with Crippen LogP contribution in [0, 0.1) is 0 Å². The molecule has 0 spiro atoms. The van der Waals surface area contributed by atoms with Crippen molar-refractivity contribution in [3.63, 3.8) is 0 Å². The Balaban J connectivity index is 1.36. The molecule has 2 aromatic carbocycles. The zero-order valence-corrected chi connectivity index (χ0v) is 20.9. The molecule has 4 aromatic rings. The van der Waals surface area contributed by atoms with Gasteiger partial charge in [-0.05, 0) is 30.3 Å². The van der Waals surface area contributed by atoms with Gasteiger partial charge in [-0.2, -0.15) is 0 Å². The summed E-state index contributed by atoms with van der Waals surface area (Å²) < 4.78 is 7.65. The number of amides is 1. The molecular formula is C23H19Cl2N5O2S2. The maximum atomic E-state index is 12.5. The van der Waals surface area contributed by atoms with E-state index in [2.05, 4.69) is 27.1 Å². The molecule has 0 unspecified atom stereocenters. The summed E-state index contributed by atoms with van der Waals surface area (Å²) in [5.74, 6) is 1.33. The first kappa shape index (κ1) is 24.3. The fraction of sp³-hybridized carbons (Fsp3) is 0.130. The summed E-state index contributed by atoms with van der Waals surface area (Å²) in [6.07, 6.45) is 1.75. The molecular weight excluding hydrogens is 513 g/mol. The van der Waals surface area contributed by atoms with E-state index in [1.54, 1.807) is 24.3 Å². The molecule has 0 radical (unpaired) electrons. The third kappa shape index (κ3) is 6.18. The lowest BCUT2D eigenvalue weighted by atomic mass is 10.2. The summed E-state index contributed by atoms with van der Waals surface area (Å²) in [5.41, 5.74) is 1.42. The van der Waals surface area contributed by atoms with Crippen LogP contribution in [0.15, 0.2) is 71.7 Å². The molecule has 34 heavy (non-hydrogen) atoms. The number of thioether (sulfide) groups is 1. The number of nitrogens with zero attached hydrogens (tertiary/aromatic N) is 4. The summed E-state index contributed by atoms with van der Waals surface area (Å²) in [5, 5.41) is 15.2. The van der Waals surface area contributed by atoms with Crippen LogP contribution in [-0.2, 0) is 17.9 Å². The Kier molecular flexibility index (Phi) is 8.23. The van der Waals surface area contributed by atoms with Crippen molar-refractivity contribution in [2.24, 2.45) is 0 Å². The third-order valence-corrected chi connectivity index (χ3v) is 6.78. The van der Waals surface area contributed by atoms with Gasteiger partial charge >= 0.3 is 0 Å². The van der Waals surface area contributed by atoms with Crippen LogP contribution in [0.3, 0.4) is 0 Å². The minimum absolute atomic E-state index is 0.144. The van der Waals surface area contributed by atoms with E-state index in [0.29, 0.717) is 38.4 Å². The van der Waals surface area contributed by atoms with Crippen molar-refractivity contribution < 1.29 is 9.53 Å². The largest absolute Gasteiger partial charge is 0.486 e. The van der Waals surface area contributed by atoms with Crippen LogP contribution in [0.5, 0.6) is 5.75 Å². The molecule has 0 aliphatic carbocycles. The lowest BCUT2D eigenvalue weighted by Gasteiger charge is -2.09. The first-order valence-corrected chi connectivity index (χ1v) is 12.7. The molecule has 174 valence electrons. The fourth-order valence-electron chi connectivity index (χ4n) is 2.95. The predicted octanol–water partition coefficient (Wildman–Crippen LogP) is 6.20. The number of ether oxygens (including phenoxy) is 1. The van der Waals surface area contributed by atoms with Crippen LogP contribution < -0.4 is 10.1 Å². The van der Waals surface area contributed by atoms with E-state index in [1.165, 1.54) is 23.1 Å². The molecule has 0 aliphatic heterocycles. The summed E-state index contributed by atoms with van der Waals surface area (Å²) >= 11 is 14.8. The van der Waals surface area contributed by atoms with Gasteiger partial charge in [0.2, 0.25) is 5.91 Å². The van der Waals surface area contributed by atoms with Crippen molar-refractivity contribution in [1.82, 2.24) is 19.7 Å². The highest BCUT2D eigenvalue weighted by atomic mass is 35.5. The molecule has 11 heteroatoms. The standard InChI is InChI=1S/C23H19Cl2N5O2S2/c1-2-10-30-20(12-32-16-6-4-3-5-7-16)28-29-23(30)34-14-21(31)27-22-26-19(13-33-22)17-9-8-15(24)11-18(17)25/h2-9,11,13H,1,10,12,14H2,(H,26,27,31). The van der Waals surface area contributed by atoms with Gasteiger partial charge in [0.05, 0.1) is 16.5 Å². The first-order chi connectivity index (χ1) is 16.5. The molecule has 4 rings (SSSR count). The van der Waals surface area contributed by atoms with Gasteiger partial charge in [-0.1, -0.05) is 59.2 Å². The lowest BCUT2D eigenvalue weighted by Crippen LogP contribution is -2.15. The van der Waals surface area contributed by atoms with Crippen molar-refractivity contribution in [1.29, 1.82) is 0 Å². The van der Waals surface area contributed by atoms with E-state index >= 15 is 0 Å². The Morgan fingerprint density at radius 1 is 1.21 bits per heavy atom. The second-order valence-electron chi connectivity index (χ2n) is 6.90. The van der Waals surface area contributed by atoms with Crippen LogP contribution in [0.4, 0.5) is 5.13 Å². The number of aromatic nitrogens is 4. The molecule has 0 saturated carbocycles. The SMILES string of the molecule is C=CCn1c(COc2ccccc2)nnc1SCC(=O)Nc1nc(-c2ccc(Cl)cc2Cl)cs1. The molecule has 0 bridgehead atoms. The highest BCUT2D eigenvalue weighted by Gasteiger charge is 2.15. The summed E-state index contributed by atoms with van der Waals surface area (Å²) in [6, 6.07) is 14.7. The highest BCUT2D eigenvalue weighted by Crippen LogP contribution is 2.32. The third-order valence-electron chi connectivity index (χ3n) is 4.51. The number of nitrogens with one attached hydrogen (secondary N) is 1. The van der Waals surface area contributed by atoms with Gasteiger partial charge in [-0.3, -0.25) is 9.36 Å². The number of para-hydroxylation sites is 1. The Hall–Kier alpha value is -2.85. The maximum Gasteiger partial charge on any atom is 0.236 e. The lowest BCUT2D eigenvalue weighted by molar-refractivity contribution is -0.113. The minimum Gasteiger partial charge on any atom is -0.486 e. The Morgan fingerprint density at radius 3 is 2.79 bits per heavy atom. The van der Waals surface area contributed by atoms with Gasteiger partial charge in [0.15, 0.2) is 16.1 Å². The van der Waals surface area contributed by atoms with E-state index in [0.717, 1.165) is 11.3 Å². The number of rotatable bonds is 10. The number of carbonyl (C=O) groups excluding carboxylic acids is 1. The maximum absolute atomic E-state index is 12.5. The molecule has 0 aliphatic rings. The number of halogens is 2. The topological polar surface area (TPSA) is 81.9 Å². The number of hydrogen-bond donors (Lipinski definition) is 1. The van der Waals surface area contributed by atoms with Crippen LogP contribution in [0.1, 0.15) is 5.82 Å². The van der Waals surface area contributed by atoms with Crippen LogP contribution >= 0.6 is 46.3 Å². The van der Waals surface area contributed by atoms with Gasteiger partial charge in [-0.15, -0.1) is 28.1 Å². The van der Waals surface area contributed by atoms with Crippen molar-refractivity contribution in [3.05, 3.63) is 82.4 Å². The van der Waals surface area contributed by atoms with E-state index in [4.69, 9.17) is 27.9 Å². The molecule has 2 aromatic heterocycles. The number of hydrogen-bond acceptors (Lipinski definition) is 7. The van der Waals surface area contributed by atoms with Gasteiger partial charge in [-0.25, -0.2) is 4.98 Å².